The van der Waals surface area contributed by atoms with E-state index in [4.69, 9.17) is 8.83 Å². The molecule has 0 fully saturated rings. The first-order valence-corrected chi connectivity index (χ1v) is 10.3. The fourth-order valence-corrected chi connectivity index (χ4v) is 5.18. The van der Waals surface area contributed by atoms with Gasteiger partial charge in [-0.2, -0.15) is 0 Å². The quantitative estimate of drug-likeness (QED) is 0.249. The van der Waals surface area contributed by atoms with E-state index in [1.165, 1.54) is 0 Å². The van der Waals surface area contributed by atoms with Gasteiger partial charge in [-0.15, -0.1) is 0 Å². The Kier molecular flexibility index (Phi) is 2.62. The molecule has 0 unspecified atom stereocenters. The molecule has 0 amide bonds. The number of hydrogen-bond acceptors (Lipinski definition) is 3. The van der Waals surface area contributed by atoms with Crippen molar-refractivity contribution in [2.24, 2.45) is 0 Å². The lowest BCUT2D eigenvalue weighted by molar-refractivity contribution is 0.663. The number of pyridine rings is 1. The second-order valence-electron chi connectivity index (χ2n) is 8.01. The van der Waals surface area contributed by atoms with E-state index in [0.29, 0.717) is 0 Å². The number of imidazole rings is 1. The molecule has 0 spiro atoms. The Morgan fingerprint density at radius 2 is 1.35 bits per heavy atom. The summed E-state index contributed by atoms with van der Waals surface area (Å²) in [6, 6.07) is 25.0. The largest absolute Gasteiger partial charge is 0.456 e. The molecule has 144 valence electrons. The van der Waals surface area contributed by atoms with Gasteiger partial charge in [0.2, 0.25) is 0 Å². The van der Waals surface area contributed by atoms with E-state index in [0.717, 1.165) is 71.2 Å². The third-order valence-electron chi connectivity index (χ3n) is 6.46. The summed E-state index contributed by atoms with van der Waals surface area (Å²) in [5, 5.41) is 7.79. The van der Waals surface area contributed by atoms with E-state index in [1.54, 1.807) is 0 Å². The summed E-state index contributed by atoms with van der Waals surface area (Å²) in [6.45, 7) is 0. The summed E-state index contributed by atoms with van der Waals surface area (Å²) in [5.41, 5.74) is 5.53. The van der Waals surface area contributed by atoms with Crippen molar-refractivity contribution in [3.8, 4) is 0 Å². The Hall–Kier alpha value is -4.31. The monoisotopic (exact) mass is 398 g/mol. The second-order valence-corrected chi connectivity index (χ2v) is 8.01. The van der Waals surface area contributed by atoms with E-state index in [9.17, 15) is 0 Å². The van der Waals surface area contributed by atoms with E-state index in [2.05, 4.69) is 64.0 Å². The normalized spacial score (nSPS) is 12.5. The number of benzene rings is 4. The lowest BCUT2D eigenvalue weighted by Crippen LogP contribution is -1.90. The molecule has 8 rings (SSSR count). The number of aromatic nitrogens is 2. The van der Waals surface area contributed by atoms with Gasteiger partial charge in [0, 0.05) is 39.3 Å². The SMILES string of the molecule is c1ccc2c(c1)oc1c2ccc2oc3ccc4c(c5ccccc5c5nccn45)c3c21. The Balaban J connectivity index is 1.75. The van der Waals surface area contributed by atoms with Crippen LogP contribution in [-0.4, -0.2) is 9.38 Å². The van der Waals surface area contributed by atoms with Crippen molar-refractivity contribution in [2.45, 2.75) is 0 Å². The molecule has 0 aliphatic carbocycles. The molecule has 4 nitrogen and oxygen atoms in total. The number of rotatable bonds is 0. The summed E-state index contributed by atoms with van der Waals surface area (Å²) in [5.74, 6) is 0. The molecular weight excluding hydrogens is 384 g/mol. The molecule has 8 aromatic rings. The third kappa shape index (κ3) is 1.79. The number of hydrogen-bond donors (Lipinski definition) is 0. The average Bonchev–Trinajstić information content (AvgIpc) is 3.53. The van der Waals surface area contributed by atoms with Crippen LogP contribution in [0.25, 0.3) is 71.2 Å². The number of nitrogens with zero attached hydrogens (tertiary/aromatic N) is 2. The average molecular weight is 398 g/mol. The highest BCUT2D eigenvalue weighted by atomic mass is 16.3. The van der Waals surface area contributed by atoms with Crippen LogP contribution in [0.1, 0.15) is 0 Å². The zero-order valence-corrected chi connectivity index (χ0v) is 16.3. The van der Waals surface area contributed by atoms with E-state index in [1.807, 2.05) is 30.6 Å². The van der Waals surface area contributed by atoms with Crippen molar-refractivity contribution < 1.29 is 8.83 Å². The van der Waals surface area contributed by atoms with Gasteiger partial charge in [-0.05, 0) is 35.7 Å². The minimum atomic E-state index is 0.837. The highest BCUT2D eigenvalue weighted by Gasteiger charge is 2.20. The maximum atomic E-state index is 6.39. The summed E-state index contributed by atoms with van der Waals surface area (Å²) in [7, 11) is 0. The summed E-state index contributed by atoms with van der Waals surface area (Å²) >= 11 is 0. The molecule has 0 aliphatic rings. The van der Waals surface area contributed by atoms with Crippen LogP contribution in [0.5, 0.6) is 0 Å². The minimum absolute atomic E-state index is 0.837. The van der Waals surface area contributed by atoms with Crippen LogP contribution in [0.4, 0.5) is 0 Å². The molecule has 0 radical (unpaired) electrons. The van der Waals surface area contributed by atoms with Crippen molar-refractivity contribution in [3.63, 3.8) is 0 Å². The number of furan rings is 2. The predicted molar refractivity (Wildman–Crippen MR) is 125 cm³/mol. The first-order chi connectivity index (χ1) is 15.4. The summed E-state index contributed by atoms with van der Waals surface area (Å²) in [6.07, 6.45) is 3.88. The van der Waals surface area contributed by atoms with Gasteiger partial charge in [-0.1, -0.05) is 42.5 Å². The van der Waals surface area contributed by atoms with Gasteiger partial charge >= 0.3 is 0 Å². The molecule has 4 aromatic heterocycles. The fraction of sp³-hybridized carbons (Fsp3) is 0. The topological polar surface area (TPSA) is 43.6 Å². The van der Waals surface area contributed by atoms with Crippen LogP contribution in [0.15, 0.2) is 94.0 Å². The molecule has 0 atom stereocenters. The van der Waals surface area contributed by atoms with Gasteiger partial charge in [0.05, 0.1) is 10.9 Å². The van der Waals surface area contributed by atoms with Crippen LogP contribution in [0.3, 0.4) is 0 Å². The Morgan fingerprint density at radius 3 is 2.29 bits per heavy atom. The molecule has 4 heterocycles. The number of fused-ring (bicyclic) bond motifs is 14. The van der Waals surface area contributed by atoms with Crippen molar-refractivity contribution in [1.82, 2.24) is 9.38 Å². The molecule has 0 bridgehead atoms. The molecule has 0 aliphatic heterocycles. The van der Waals surface area contributed by atoms with E-state index < -0.39 is 0 Å². The van der Waals surface area contributed by atoms with Gasteiger partial charge in [-0.25, -0.2) is 4.98 Å². The van der Waals surface area contributed by atoms with Gasteiger partial charge in [0.1, 0.15) is 28.0 Å². The maximum absolute atomic E-state index is 6.39. The standard InChI is InChI=1S/C27H14N2O2/c1-2-7-18-16(6-1)23-19(29-14-13-28-27(18)29)10-12-21-24(23)25-22(30-21)11-9-17-15-5-3-4-8-20(15)31-26(17)25/h1-14H. The van der Waals surface area contributed by atoms with Gasteiger partial charge < -0.3 is 8.83 Å². The Bertz CT molecular complexity index is 2000. The first-order valence-electron chi connectivity index (χ1n) is 10.3. The van der Waals surface area contributed by atoms with Crippen LogP contribution in [0.2, 0.25) is 0 Å². The number of para-hydroxylation sites is 1. The third-order valence-corrected chi connectivity index (χ3v) is 6.46. The molecule has 4 aromatic carbocycles. The van der Waals surface area contributed by atoms with Gasteiger partial charge in [0.25, 0.3) is 0 Å². The molecule has 0 saturated carbocycles. The van der Waals surface area contributed by atoms with Gasteiger partial charge in [-0.3, -0.25) is 4.40 Å². The Labute approximate surface area is 174 Å². The molecular formula is C27H14N2O2. The van der Waals surface area contributed by atoms with E-state index >= 15 is 0 Å². The van der Waals surface area contributed by atoms with Gasteiger partial charge in [0.15, 0.2) is 0 Å². The predicted octanol–water partition coefficient (Wildman–Crippen LogP) is 7.44. The van der Waals surface area contributed by atoms with Crippen molar-refractivity contribution in [2.75, 3.05) is 0 Å². The second kappa shape index (κ2) is 5.24. The fourth-order valence-electron chi connectivity index (χ4n) is 5.18. The van der Waals surface area contributed by atoms with Crippen LogP contribution < -0.4 is 0 Å². The summed E-state index contributed by atoms with van der Waals surface area (Å²) < 4.78 is 14.9. The first kappa shape index (κ1) is 15.5. The van der Waals surface area contributed by atoms with Crippen LogP contribution >= 0.6 is 0 Å². The highest BCUT2D eigenvalue weighted by molar-refractivity contribution is 6.32. The Morgan fingerprint density at radius 1 is 0.581 bits per heavy atom. The smallest absolute Gasteiger partial charge is 0.147 e. The van der Waals surface area contributed by atoms with Crippen molar-refractivity contribution in [1.29, 1.82) is 0 Å². The van der Waals surface area contributed by atoms with E-state index in [-0.39, 0.29) is 0 Å². The van der Waals surface area contributed by atoms with Crippen molar-refractivity contribution >= 4 is 71.2 Å². The van der Waals surface area contributed by atoms with Crippen LogP contribution in [0, 0.1) is 0 Å². The zero-order chi connectivity index (χ0) is 20.1. The summed E-state index contributed by atoms with van der Waals surface area (Å²) in [4.78, 5) is 4.63. The van der Waals surface area contributed by atoms with Crippen LogP contribution in [-0.2, 0) is 0 Å². The molecule has 4 heteroatoms. The maximum Gasteiger partial charge on any atom is 0.147 e. The van der Waals surface area contributed by atoms with Crippen molar-refractivity contribution in [3.05, 3.63) is 85.2 Å². The molecule has 0 saturated heterocycles. The zero-order valence-electron chi connectivity index (χ0n) is 16.3. The minimum Gasteiger partial charge on any atom is -0.456 e. The highest BCUT2D eigenvalue weighted by Crippen LogP contribution is 2.43. The molecule has 0 N–H and O–H groups in total. The lowest BCUT2D eigenvalue weighted by atomic mass is 10.00. The lowest BCUT2D eigenvalue weighted by Gasteiger charge is -2.09. The molecule has 31 heavy (non-hydrogen) atoms.